The highest BCUT2D eigenvalue weighted by Gasteiger charge is 2.38. The Balaban J connectivity index is 1.15. The molecule has 3 aliphatic rings. The van der Waals surface area contributed by atoms with Crippen LogP contribution < -0.4 is 0 Å². The zero-order valence-electron chi connectivity index (χ0n) is 21.4. The number of aromatic nitrogens is 2. The summed E-state index contributed by atoms with van der Waals surface area (Å²) >= 11 is 13.4. The normalized spacial score (nSPS) is 22.3. The first-order chi connectivity index (χ1) is 18.8. The number of fused-ring (bicyclic) bond motifs is 1. The van der Waals surface area contributed by atoms with Gasteiger partial charge in [-0.3, -0.25) is 4.79 Å². The van der Waals surface area contributed by atoms with Crippen molar-refractivity contribution in [1.29, 1.82) is 0 Å². The number of halogens is 2. The molecule has 1 aliphatic carbocycles. The van der Waals surface area contributed by atoms with Crippen LogP contribution in [0, 0.1) is 5.92 Å². The third-order valence-electron chi connectivity index (χ3n) is 8.14. The first kappa shape index (κ1) is 26.8. The van der Waals surface area contributed by atoms with Crippen LogP contribution in [0.2, 0.25) is 10.0 Å². The molecule has 0 saturated carbocycles. The van der Waals surface area contributed by atoms with E-state index in [1.807, 2.05) is 17.0 Å². The third kappa shape index (κ3) is 5.23. The second-order valence-corrected chi connectivity index (χ2v) is 13.2. The van der Waals surface area contributed by atoms with E-state index in [-0.39, 0.29) is 22.8 Å². The molecule has 0 radical (unpaired) electrons. The highest BCUT2D eigenvalue weighted by Crippen LogP contribution is 2.37. The Labute approximate surface area is 238 Å². The number of morpholine rings is 1. The predicted molar refractivity (Wildman–Crippen MR) is 149 cm³/mol. The highest BCUT2D eigenvalue weighted by atomic mass is 35.5. The molecule has 2 aliphatic heterocycles. The molecule has 11 heteroatoms. The number of carbonyl (C=O) groups excluding carboxylic acids is 1. The Kier molecular flexibility index (Phi) is 7.45. The molecule has 3 heterocycles. The molecule has 6 rings (SSSR count). The Morgan fingerprint density at radius 2 is 1.72 bits per heavy atom. The number of aryl methyl sites for hydroxylation is 1. The van der Waals surface area contributed by atoms with Crippen LogP contribution in [0.5, 0.6) is 0 Å². The van der Waals surface area contributed by atoms with Crippen LogP contribution in [0.15, 0.2) is 47.6 Å². The molecular formula is C28H30Cl2N4O4S. The number of imidazole rings is 1. The second kappa shape index (κ2) is 10.9. The third-order valence-corrected chi connectivity index (χ3v) is 10.7. The standard InChI is InChI=1S/C28H30Cl2N4O4S/c29-24-14-20(18-1-4-22(5-2-18)39(36,37)33-9-11-38-12-10-33)15-25(30)23(24)13-19-7-8-34(28(19)35)21-3-6-26-27(16-21)32-17-31-26/h1-2,4-5,14-15,17,19,21H,3,6-13,16H2,(H,31,32)/t19?,21-/m1/s1. The minimum atomic E-state index is -3.57. The van der Waals surface area contributed by atoms with Crippen LogP contribution in [0.4, 0.5) is 0 Å². The topological polar surface area (TPSA) is 95.6 Å². The van der Waals surface area contributed by atoms with Crippen molar-refractivity contribution in [2.24, 2.45) is 5.92 Å². The van der Waals surface area contributed by atoms with Crippen molar-refractivity contribution < 1.29 is 17.9 Å². The first-order valence-corrected chi connectivity index (χ1v) is 15.5. The van der Waals surface area contributed by atoms with E-state index >= 15 is 0 Å². The van der Waals surface area contributed by atoms with Crippen LogP contribution in [-0.2, 0) is 38.8 Å². The van der Waals surface area contributed by atoms with Crippen molar-refractivity contribution in [3.63, 3.8) is 0 Å². The summed E-state index contributed by atoms with van der Waals surface area (Å²) in [7, 11) is -3.57. The van der Waals surface area contributed by atoms with Crippen molar-refractivity contribution in [3.05, 3.63) is 69.7 Å². The lowest BCUT2D eigenvalue weighted by Gasteiger charge is -2.31. The zero-order valence-corrected chi connectivity index (χ0v) is 23.7. The molecule has 2 aromatic carbocycles. The summed E-state index contributed by atoms with van der Waals surface area (Å²) in [6.45, 7) is 2.24. The van der Waals surface area contributed by atoms with Gasteiger partial charge in [0.05, 0.1) is 30.1 Å². The molecule has 1 aromatic heterocycles. The summed E-state index contributed by atoms with van der Waals surface area (Å²) in [6, 6.07) is 10.6. The van der Waals surface area contributed by atoms with Crippen LogP contribution >= 0.6 is 23.2 Å². The maximum absolute atomic E-state index is 13.4. The largest absolute Gasteiger partial charge is 0.379 e. The van der Waals surface area contributed by atoms with Gasteiger partial charge >= 0.3 is 0 Å². The monoisotopic (exact) mass is 588 g/mol. The van der Waals surface area contributed by atoms with Gasteiger partial charge in [0.1, 0.15) is 0 Å². The molecule has 0 bridgehead atoms. The van der Waals surface area contributed by atoms with Gasteiger partial charge in [-0.1, -0.05) is 35.3 Å². The van der Waals surface area contributed by atoms with Gasteiger partial charge in [-0.15, -0.1) is 0 Å². The quantitative estimate of drug-likeness (QED) is 0.462. The van der Waals surface area contributed by atoms with Crippen molar-refractivity contribution >= 4 is 39.1 Å². The fourth-order valence-electron chi connectivity index (χ4n) is 5.93. The number of H-pyrrole nitrogens is 1. The molecule has 206 valence electrons. The minimum Gasteiger partial charge on any atom is -0.379 e. The predicted octanol–water partition coefficient (Wildman–Crippen LogP) is 4.35. The lowest BCUT2D eigenvalue weighted by Crippen LogP contribution is -2.41. The van der Waals surface area contributed by atoms with Gasteiger partial charge in [0.25, 0.3) is 0 Å². The molecule has 2 saturated heterocycles. The molecule has 2 fully saturated rings. The van der Waals surface area contributed by atoms with Crippen LogP contribution in [0.1, 0.15) is 29.8 Å². The number of benzene rings is 2. The van der Waals surface area contributed by atoms with Gasteiger partial charge in [0.15, 0.2) is 0 Å². The fraction of sp³-hybridized carbons (Fsp3) is 0.429. The average Bonchev–Trinajstić information content (AvgIpc) is 3.57. The fourth-order valence-corrected chi connectivity index (χ4v) is 7.98. The summed E-state index contributed by atoms with van der Waals surface area (Å²) in [6.07, 6.45) is 5.63. The summed E-state index contributed by atoms with van der Waals surface area (Å²) in [5, 5.41) is 1.02. The molecule has 1 N–H and O–H groups in total. The van der Waals surface area contributed by atoms with Gasteiger partial charge < -0.3 is 14.6 Å². The second-order valence-electron chi connectivity index (χ2n) is 10.4. The van der Waals surface area contributed by atoms with Gasteiger partial charge in [0.2, 0.25) is 15.9 Å². The number of nitrogens with one attached hydrogen (secondary N) is 1. The lowest BCUT2D eigenvalue weighted by molar-refractivity contribution is -0.133. The van der Waals surface area contributed by atoms with Crippen LogP contribution in [0.3, 0.4) is 0 Å². The molecule has 1 amide bonds. The van der Waals surface area contributed by atoms with E-state index < -0.39 is 10.0 Å². The molecule has 2 atom stereocenters. The SMILES string of the molecule is O=C1C(Cc2c(Cl)cc(-c3ccc(S(=O)(=O)N4CCOCC4)cc3)cc2Cl)CCN1[C@@H]1CCc2nc[nH]c2C1. The molecule has 0 spiro atoms. The number of hydrogen-bond donors (Lipinski definition) is 1. The van der Waals surface area contributed by atoms with E-state index in [4.69, 9.17) is 27.9 Å². The first-order valence-electron chi connectivity index (χ1n) is 13.3. The zero-order chi connectivity index (χ0) is 27.1. The van der Waals surface area contributed by atoms with E-state index in [0.717, 1.165) is 60.3 Å². The van der Waals surface area contributed by atoms with E-state index in [1.54, 1.807) is 30.6 Å². The summed E-state index contributed by atoms with van der Waals surface area (Å²) in [5.74, 6) is 0.00920. The number of rotatable bonds is 6. The summed E-state index contributed by atoms with van der Waals surface area (Å²) < 4.78 is 32.6. The lowest BCUT2D eigenvalue weighted by atomic mass is 9.94. The number of ether oxygens (including phenoxy) is 1. The van der Waals surface area contributed by atoms with E-state index in [2.05, 4.69) is 9.97 Å². The van der Waals surface area contributed by atoms with E-state index in [0.29, 0.717) is 42.8 Å². The maximum Gasteiger partial charge on any atom is 0.243 e. The molecule has 3 aromatic rings. The van der Waals surface area contributed by atoms with E-state index in [9.17, 15) is 13.2 Å². The Hall–Kier alpha value is -2.43. The van der Waals surface area contributed by atoms with Crippen molar-refractivity contribution in [1.82, 2.24) is 19.2 Å². The maximum atomic E-state index is 13.4. The smallest absolute Gasteiger partial charge is 0.243 e. The number of sulfonamides is 1. The Bertz CT molecular complexity index is 1460. The number of aromatic amines is 1. The van der Waals surface area contributed by atoms with Crippen molar-refractivity contribution in [2.45, 2.75) is 43.0 Å². The van der Waals surface area contributed by atoms with Crippen molar-refractivity contribution in [3.8, 4) is 11.1 Å². The van der Waals surface area contributed by atoms with Gasteiger partial charge in [-0.2, -0.15) is 4.31 Å². The molecular weight excluding hydrogens is 559 g/mol. The number of amides is 1. The average molecular weight is 590 g/mol. The van der Waals surface area contributed by atoms with Gasteiger partial charge in [-0.25, -0.2) is 13.4 Å². The summed E-state index contributed by atoms with van der Waals surface area (Å²) in [5.41, 5.74) is 4.62. The number of hydrogen-bond acceptors (Lipinski definition) is 5. The highest BCUT2D eigenvalue weighted by molar-refractivity contribution is 7.89. The summed E-state index contributed by atoms with van der Waals surface area (Å²) in [4.78, 5) is 23.2. The van der Waals surface area contributed by atoms with Crippen LogP contribution in [0.25, 0.3) is 11.1 Å². The number of nitrogens with zero attached hydrogens (tertiary/aromatic N) is 3. The van der Waals surface area contributed by atoms with Gasteiger partial charge in [0, 0.05) is 53.8 Å². The molecule has 1 unspecified atom stereocenters. The van der Waals surface area contributed by atoms with E-state index in [1.165, 1.54) is 4.31 Å². The number of carbonyl (C=O) groups is 1. The van der Waals surface area contributed by atoms with Crippen LogP contribution in [-0.4, -0.2) is 72.4 Å². The van der Waals surface area contributed by atoms with Crippen molar-refractivity contribution in [2.75, 3.05) is 32.8 Å². The van der Waals surface area contributed by atoms with Gasteiger partial charge in [-0.05, 0) is 66.6 Å². The Morgan fingerprint density at radius 1 is 1.00 bits per heavy atom. The molecule has 39 heavy (non-hydrogen) atoms. The molecule has 8 nitrogen and oxygen atoms in total. The number of likely N-dealkylation sites (tertiary alicyclic amines) is 1. The minimum absolute atomic E-state index is 0.154. The Morgan fingerprint density at radius 3 is 2.44 bits per heavy atom.